The van der Waals surface area contributed by atoms with Gasteiger partial charge >= 0.3 is 12.3 Å². The quantitative estimate of drug-likeness (QED) is 0.459. The predicted molar refractivity (Wildman–Crippen MR) is 136 cm³/mol. The van der Waals surface area contributed by atoms with E-state index in [9.17, 15) is 22.8 Å². The first-order chi connectivity index (χ1) is 17.8. The number of carbonyl (C=O) groups excluding carboxylic acids is 2. The average molecular weight is 554 g/mol. The van der Waals surface area contributed by atoms with Crippen LogP contribution >= 0.6 is 11.3 Å². The minimum absolute atomic E-state index is 0.0426. The lowest BCUT2D eigenvalue weighted by atomic mass is 9.88. The highest BCUT2D eigenvalue weighted by molar-refractivity contribution is 7.16. The summed E-state index contributed by atoms with van der Waals surface area (Å²) in [6, 6.07) is 1.27. The van der Waals surface area contributed by atoms with Gasteiger partial charge in [0, 0.05) is 42.8 Å². The van der Waals surface area contributed by atoms with Gasteiger partial charge in [-0.3, -0.25) is 4.79 Å². The number of fused-ring (bicyclic) bond motifs is 1. The lowest BCUT2D eigenvalue weighted by Gasteiger charge is -2.32. The summed E-state index contributed by atoms with van der Waals surface area (Å²) in [5.41, 5.74) is 0.858. The van der Waals surface area contributed by atoms with Crippen LogP contribution in [0.5, 0.6) is 0 Å². The molecule has 0 radical (unpaired) electrons. The Labute approximate surface area is 221 Å². The van der Waals surface area contributed by atoms with E-state index in [1.54, 1.807) is 21.7 Å². The number of amides is 2. The number of hydrogen-bond acceptors (Lipinski definition) is 8. The molecular weight excluding hydrogens is 523 g/mol. The van der Waals surface area contributed by atoms with E-state index in [1.807, 2.05) is 18.5 Å². The number of hydrogen-bond donors (Lipinski definition) is 2. The molecule has 1 aliphatic heterocycles. The Morgan fingerprint density at radius 2 is 1.92 bits per heavy atom. The molecule has 2 N–H and O–H groups in total. The third-order valence-electron chi connectivity index (χ3n) is 6.45. The van der Waals surface area contributed by atoms with Gasteiger partial charge in [0.15, 0.2) is 12.4 Å². The van der Waals surface area contributed by atoms with Crippen LogP contribution in [0.1, 0.15) is 51.0 Å². The number of alkyl halides is 3. The van der Waals surface area contributed by atoms with Crippen molar-refractivity contribution in [2.24, 2.45) is 5.41 Å². The summed E-state index contributed by atoms with van der Waals surface area (Å²) >= 11 is 1.49. The van der Waals surface area contributed by atoms with Crippen LogP contribution in [-0.2, 0) is 4.74 Å². The number of alkyl carbamates (subject to hydrolysis) is 1. The number of nitrogens with zero attached hydrogens (tertiary/aromatic N) is 5. The monoisotopic (exact) mass is 553 g/mol. The lowest BCUT2D eigenvalue weighted by Crippen LogP contribution is -2.47. The van der Waals surface area contributed by atoms with Crippen molar-refractivity contribution in [2.75, 3.05) is 25.0 Å². The number of nitrogens with one attached hydrogen (secondary N) is 2. The predicted octanol–water partition coefficient (Wildman–Crippen LogP) is 4.59. The first kappa shape index (κ1) is 27.6. The van der Waals surface area contributed by atoms with Gasteiger partial charge in [-0.05, 0) is 25.2 Å². The highest BCUT2D eigenvalue weighted by Crippen LogP contribution is 2.28. The van der Waals surface area contributed by atoms with E-state index >= 15 is 0 Å². The number of ether oxygens (including phenoxy) is 1. The van der Waals surface area contributed by atoms with E-state index < -0.39 is 24.9 Å². The number of rotatable bonds is 6. The zero-order valence-corrected chi connectivity index (χ0v) is 22.3. The van der Waals surface area contributed by atoms with Crippen molar-refractivity contribution in [3.63, 3.8) is 0 Å². The fraction of sp³-hybridized carbons (Fsp3) is 0.542. The molecule has 1 saturated heterocycles. The molecule has 3 aromatic heterocycles. The third-order valence-corrected chi connectivity index (χ3v) is 7.34. The average Bonchev–Trinajstić information content (AvgIpc) is 3.46. The van der Waals surface area contributed by atoms with Gasteiger partial charge in [0.25, 0.3) is 5.91 Å². The van der Waals surface area contributed by atoms with Gasteiger partial charge in [-0.15, -0.1) is 11.3 Å². The van der Waals surface area contributed by atoms with Crippen LogP contribution in [0.3, 0.4) is 0 Å². The van der Waals surface area contributed by atoms with E-state index in [0.717, 1.165) is 4.83 Å². The summed E-state index contributed by atoms with van der Waals surface area (Å²) in [6.07, 6.45) is -1.48. The molecule has 38 heavy (non-hydrogen) atoms. The maximum Gasteiger partial charge on any atom is 0.422 e. The van der Waals surface area contributed by atoms with Gasteiger partial charge in [0.1, 0.15) is 16.3 Å². The second-order valence-electron chi connectivity index (χ2n) is 10.3. The summed E-state index contributed by atoms with van der Waals surface area (Å²) in [5, 5.41) is 12.1. The Hall–Kier alpha value is -3.42. The van der Waals surface area contributed by atoms with Crippen LogP contribution in [0.15, 0.2) is 23.8 Å². The lowest BCUT2D eigenvalue weighted by molar-refractivity contribution is -0.160. The van der Waals surface area contributed by atoms with Crippen molar-refractivity contribution in [2.45, 2.75) is 58.8 Å². The van der Waals surface area contributed by atoms with Crippen LogP contribution < -0.4 is 10.6 Å². The number of piperidine rings is 1. The van der Waals surface area contributed by atoms with Crippen LogP contribution in [0.2, 0.25) is 0 Å². The Kier molecular flexibility index (Phi) is 7.81. The molecule has 14 heteroatoms. The van der Waals surface area contributed by atoms with Gasteiger partial charge in [-0.2, -0.15) is 18.3 Å². The smallest absolute Gasteiger partial charge is 0.422 e. The Bertz CT molecular complexity index is 1290. The number of aromatic nitrogens is 4. The van der Waals surface area contributed by atoms with Gasteiger partial charge in [-0.25, -0.2) is 19.3 Å². The van der Waals surface area contributed by atoms with Gasteiger partial charge in [-0.1, -0.05) is 20.8 Å². The molecule has 0 aliphatic carbocycles. The van der Waals surface area contributed by atoms with Crippen molar-refractivity contribution in [3.8, 4) is 11.4 Å². The van der Waals surface area contributed by atoms with E-state index in [4.69, 9.17) is 0 Å². The molecule has 10 nitrogen and oxygen atoms in total. The molecule has 3 aromatic rings. The summed E-state index contributed by atoms with van der Waals surface area (Å²) in [4.78, 5) is 36.9. The van der Waals surface area contributed by atoms with E-state index in [-0.39, 0.29) is 23.1 Å². The van der Waals surface area contributed by atoms with Crippen LogP contribution in [-0.4, -0.2) is 74.4 Å². The zero-order valence-electron chi connectivity index (χ0n) is 21.5. The largest absolute Gasteiger partial charge is 0.440 e. The minimum atomic E-state index is -4.59. The number of carbonyl (C=O) groups is 2. The molecule has 206 valence electrons. The second kappa shape index (κ2) is 10.8. The van der Waals surface area contributed by atoms with Crippen LogP contribution in [0, 0.1) is 5.41 Å². The van der Waals surface area contributed by atoms with E-state index in [1.165, 1.54) is 11.3 Å². The molecule has 4 heterocycles. The Morgan fingerprint density at radius 1 is 1.21 bits per heavy atom. The maximum absolute atomic E-state index is 13.5. The number of thiazole rings is 1. The Balaban J connectivity index is 1.50. The standard InChI is InChI=1S/C24H30F3N7O3S/c1-14(23(2,3)4)29-18-11-17(31-19(32-18)16-12-28-34-9-10-38-21(16)34)20(35)33-7-5-15(6-8-33)30-22(36)37-13-24(25,26)27/h9-12,14-15H,5-8,13H2,1-4H3,(H,30,36)(H,29,31,32). The molecular formula is C24H30F3N7O3S. The van der Waals surface area contributed by atoms with Gasteiger partial charge in [0.05, 0.1) is 11.8 Å². The summed E-state index contributed by atoms with van der Waals surface area (Å²) in [7, 11) is 0. The minimum Gasteiger partial charge on any atom is -0.440 e. The number of halogens is 3. The molecule has 2 amide bonds. The molecule has 1 atom stereocenters. The first-order valence-corrected chi connectivity index (χ1v) is 13.0. The van der Waals surface area contributed by atoms with E-state index in [0.29, 0.717) is 43.1 Å². The molecule has 0 saturated carbocycles. The van der Waals surface area contributed by atoms with Crippen molar-refractivity contribution < 1.29 is 27.5 Å². The van der Waals surface area contributed by atoms with Crippen LogP contribution in [0.4, 0.5) is 23.8 Å². The fourth-order valence-electron chi connectivity index (χ4n) is 3.81. The second-order valence-corrected chi connectivity index (χ2v) is 11.2. The first-order valence-electron chi connectivity index (χ1n) is 12.2. The third kappa shape index (κ3) is 6.71. The highest BCUT2D eigenvalue weighted by atomic mass is 32.1. The molecule has 4 rings (SSSR count). The van der Waals surface area contributed by atoms with Gasteiger partial charge < -0.3 is 20.3 Å². The van der Waals surface area contributed by atoms with Gasteiger partial charge in [0.2, 0.25) is 0 Å². The molecule has 1 fully saturated rings. The van der Waals surface area contributed by atoms with Crippen molar-refractivity contribution in [1.82, 2.24) is 29.8 Å². The van der Waals surface area contributed by atoms with E-state index in [2.05, 4.69) is 51.2 Å². The van der Waals surface area contributed by atoms with Crippen molar-refractivity contribution in [1.29, 1.82) is 0 Å². The fourth-order valence-corrected chi connectivity index (χ4v) is 4.61. The summed E-state index contributed by atoms with van der Waals surface area (Å²) in [5.74, 6) is 0.592. The molecule has 1 aliphatic rings. The molecule has 0 spiro atoms. The topological polar surface area (TPSA) is 114 Å². The number of likely N-dealkylation sites (tertiary alicyclic amines) is 1. The van der Waals surface area contributed by atoms with Crippen LogP contribution in [0.25, 0.3) is 16.2 Å². The molecule has 1 unspecified atom stereocenters. The van der Waals surface area contributed by atoms with Crippen molar-refractivity contribution in [3.05, 3.63) is 29.5 Å². The summed E-state index contributed by atoms with van der Waals surface area (Å²) < 4.78 is 42.7. The van der Waals surface area contributed by atoms with Crippen molar-refractivity contribution >= 4 is 34.0 Å². The summed E-state index contributed by atoms with van der Waals surface area (Å²) in [6.45, 7) is 7.29. The SMILES string of the molecule is CC(Nc1cc(C(=O)N2CCC(NC(=O)OCC(F)(F)F)CC2)nc(-c2cnn3ccsc23)n1)C(C)(C)C. The number of anilines is 1. The highest BCUT2D eigenvalue weighted by Gasteiger charge is 2.31. The molecule has 0 bridgehead atoms. The Morgan fingerprint density at radius 3 is 2.58 bits per heavy atom. The normalized spacial score (nSPS) is 15.9. The maximum atomic E-state index is 13.5. The zero-order chi connectivity index (χ0) is 27.7. The molecule has 0 aromatic carbocycles.